The average Bonchev–Trinajstić information content (AvgIpc) is 2.65. The van der Waals surface area contributed by atoms with Crippen LogP contribution in [0.15, 0.2) is 51.2 Å². The lowest BCUT2D eigenvalue weighted by Gasteiger charge is -2.12. The monoisotopic (exact) mass is 394 g/mol. The molecule has 6 heteroatoms. The van der Waals surface area contributed by atoms with Crippen molar-refractivity contribution < 1.29 is 24.2 Å². The van der Waals surface area contributed by atoms with Crippen molar-refractivity contribution in [1.82, 2.24) is 0 Å². The third kappa shape index (κ3) is 3.87. The Hall–Kier alpha value is -3.54. The second kappa shape index (κ2) is 7.83. The number of aromatic hydroxyl groups is 2. The predicted molar refractivity (Wildman–Crippen MR) is 111 cm³/mol. The van der Waals surface area contributed by atoms with Gasteiger partial charge in [0.05, 0.1) is 12.5 Å². The van der Waals surface area contributed by atoms with E-state index in [2.05, 4.69) is 0 Å². The number of Topliss-reactive ketones (excluding diaryl/α,β-unsaturated/α-hetero) is 1. The molecule has 0 aliphatic heterocycles. The summed E-state index contributed by atoms with van der Waals surface area (Å²) in [5.41, 5.74) is 1.83. The quantitative estimate of drug-likeness (QED) is 0.485. The number of benzene rings is 2. The maximum Gasteiger partial charge on any atom is 0.194 e. The van der Waals surface area contributed by atoms with Crippen LogP contribution in [0.2, 0.25) is 0 Å². The molecule has 0 saturated heterocycles. The highest BCUT2D eigenvalue weighted by molar-refractivity contribution is 6.08. The van der Waals surface area contributed by atoms with E-state index >= 15 is 0 Å². The first-order chi connectivity index (χ1) is 13.7. The predicted octanol–water partition coefficient (Wildman–Crippen LogP) is 4.59. The average molecular weight is 394 g/mol. The van der Waals surface area contributed by atoms with Crippen LogP contribution in [0.3, 0.4) is 0 Å². The Labute approximate surface area is 167 Å². The maximum atomic E-state index is 12.9. The Balaban J connectivity index is 2.29. The topological polar surface area (TPSA) is 97.0 Å². The lowest BCUT2D eigenvalue weighted by atomic mass is 9.95. The number of methoxy groups -OCH3 is 1. The minimum absolute atomic E-state index is 0.0418. The molecule has 1 aromatic heterocycles. The summed E-state index contributed by atoms with van der Waals surface area (Å²) >= 11 is 0. The van der Waals surface area contributed by atoms with Crippen LogP contribution in [0.25, 0.3) is 22.3 Å². The van der Waals surface area contributed by atoms with Crippen LogP contribution in [0.5, 0.6) is 17.2 Å². The van der Waals surface area contributed by atoms with Gasteiger partial charge in [0, 0.05) is 28.8 Å². The van der Waals surface area contributed by atoms with Crippen LogP contribution < -0.4 is 10.2 Å². The largest absolute Gasteiger partial charge is 0.507 e. The van der Waals surface area contributed by atoms with E-state index in [0.717, 1.165) is 5.57 Å². The van der Waals surface area contributed by atoms with E-state index in [0.29, 0.717) is 17.5 Å². The third-order valence-corrected chi connectivity index (χ3v) is 4.63. The van der Waals surface area contributed by atoms with Gasteiger partial charge in [-0.2, -0.15) is 0 Å². The van der Waals surface area contributed by atoms with Crippen molar-refractivity contribution in [3.8, 4) is 28.6 Å². The summed E-state index contributed by atoms with van der Waals surface area (Å²) in [6, 6.07) is 7.20. The molecule has 0 radical (unpaired) electrons. The number of carbonyl (C=O) groups excluding carboxylic acids is 1. The fraction of sp³-hybridized carbons (Fsp3) is 0.217. The van der Waals surface area contributed by atoms with E-state index in [9.17, 15) is 19.8 Å². The fourth-order valence-electron chi connectivity index (χ4n) is 3.22. The summed E-state index contributed by atoms with van der Waals surface area (Å²) in [5, 5.41) is 20.4. The number of carbonyl (C=O) groups is 1. The molecule has 1 heterocycles. The summed E-state index contributed by atoms with van der Waals surface area (Å²) in [5.74, 6) is -0.0145. The van der Waals surface area contributed by atoms with Crippen molar-refractivity contribution in [2.24, 2.45) is 0 Å². The van der Waals surface area contributed by atoms with Gasteiger partial charge < -0.3 is 19.4 Å². The number of hydrogen-bond acceptors (Lipinski definition) is 6. The van der Waals surface area contributed by atoms with Crippen LogP contribution >= 0.6 is 0 Å². The molecule has 3 aromatic rings. The first kappa shape index (κ1) is 20.2. The number of ketones is 1. The van der Waals surface area contributed by atoms with Gasteiger partial charge in [-0.1, -0.05) is 11.6 Å². The first-order valence-electron chi connectivity index (χ1n) is 9.07. The number of hydrogen-bond donors (Lipinski definition) is 2. The zero-order valence-corrected chi connectivity index (χ0v) is 16.7. The number of phenolic OH excluding ortho intramolecular Hbond substituents is 2. The molecule has 3 rings (SSSR count). The fourth-order valence-corrected chi connectivity index (χ4v) is 3.22. The van der Waals surface area contributed by atoms with Gasteiger partial charge >= 0.3 is 0 Å². The Bertz CT molecular complexity index is 1200. The van der Waals surface area contributed by atoms with E-state index in [1.54, 1.807) is 6.07 Å². The lowest BCUT2D eigenvalue weighted by molar-refractivity contribution is 0.101. The van der Waals surface area contributed by atoms with E-state index in [1.165, 1.54) is 38.3 Å². The van der Waals surface area contributed by atoms with Gasteiger partial charge in [0.15, 0.2) is 22.7 Å². The third-order valence-electron chi connectivity index (χ3n) is 4.63. The summed E-state index contributed by atoms with van der Waals surface area (Å²) in [6.07, 6.45) is 2.21. The van der Waals surface area contributed by atoms with Crippen molar-refractivity contribution >= 4 is 16.8 Å². The van der Waals surface area contributed by atoms with E-state index in [4.69, 9.17) is 9.15 Å². The number of fused-ring (bicyclic) bond motifs is 1. The molecule has 0 saturated carbocycles. The minimum Gasteiger partial charge on any atom is -0.507 e. The number of allylic oxidation sites excluding steroid dienone is 2. The molecule has 0 aliphatic rings. The van der Waals surface area contributed by atoms with Crippen molar-refractivity contribution in [2.75, 3.05) is 7.11 Å². The van der Waals surface area contributed by atoms with Crippen LogP contribution in [0, 0.1) is 0 Å². The molecule has 0 spiro atoms. The molecule has 0 fully saturated rings. The summed E-state index contributed by atoms with van der Waals surface area (Å²) in [4.78, 5) is 25.3. The number of phenols is 2. The molecule has 29 heavy (non-hydrogen) atoms. The van der Waals surface area contributed by atoms with E-state index in [1.807, 2.05) is 19.9 Å². The molecule has 0 aliphatic carbocycles. The zero-order valence-electron chi connectivity index (χ0n) is 16.7. The molecule has 150 valence electrons. The molecule has 2 aromatic carbocycles. The van der Waals surface area contributed by atoms with Crippen LogP contribution in [0.1, 0.15) is 36.7 Å². The molecule has 0 atom stereocenters. The van der Waals surface area contributed by atoms with Crippen molar-refractivity contribution in [3.05, 3.63) is 63.3 Å². The normalized spacial score (nSPS) is 10.8. The van der Waals surface area contributed by atoms with Gasteiger partial charge in [-0.15, -0.1) is 0 Å². The van der Waals surface area contributed by atoms with Crippen molar-refractivity contribution in [2.45, 2.75) is 27.2 Å². The minimum atomic E-state index is -0.392. The highest BCUT2D eigenvalue weighted by Crippen LogP contribution is 2.35. The molecule has 6 nitrogen and oxygen atoms in total. The second-order valence-electron chi connectivity index (χ2n) is 7.03. The maximum absolute atomic E-state index is 12.9. The molecule has 0 unspecified atom stereocenters. The van der Waals surface area contributed by atoms with E-state index in [-0.39, 0.29) is 45.3 Å². The number of ether oxygens (including phenoxy) is 1. The van der Waals surface area contributed by atoms with Crippen LogP contribution in [-0.2, 0) is 6.42 Å². The Morgan fingerprint density at radius 2 is 1.83 bits per heavy atom. The lowest BCUT2D eigenvalue weighted by Crippen LogP contribution is -2.10. The summed E-state index contributed by atoms with van der Waals surface area (Å²) < 4.78 is 11.0. The standard InChI is InChI=1S/C23H22O6/c1-12(2)5-7-15-17(26)10-21-23(22(15)13(3)24)18(27)11-19(29-21)14-6-8-16(25)20(9-14)28-4/h5-6,8-11,25-26H,7H2,1-4H3. The van der Waals surface area contributed by atoms with Gasteiger partial charge in [-0.25, -0.2) is 0 Å². The number of rotatable bonds is 5. The smallest absolute Gasteiger partial charge is 0.194 e. The van der Waals surface area contributed by atoms with Gasteiger partial charge in [0.2, 0.25) is 0 Å². The zero-order chi connectivity index (χ0) is 21.3. The van der Waals surface area contributed by atoms with Crippen LogP contribution in [-0.4, -0.2) is 23.1 Å². The molecule has 2 N–H and O–H groups in total. The molecule has 0 bridgehead atoms. The molecule has 0 amide bonds. The van der Waals surface area contributed by atoms with Gasteiger partial charge in [-0.05, 0) is 45.4 Å². The Morgan fingerprint density at radius 1 is 1.10 bits per heavy atom. The second-order valence-corrected chi connectivity index (χ2v) is 7.03. The van der Waals surface area contributed by atoms with Crippen molar-refractivity contribution in [3.63, 3.8) is 0 Å². The SMILES string of the molecule is COc1cc(-c2cc(=O)c3c(C(C)=O)c(CC=C(C)C)c(O)cc3o2)ccc1O. The molecular formula is C23H22O6. The first-order valence-corrected chi connectivity index (χ1v) is 9.07. The summed E-state index contributed by atoms with van der Waals surface area (Å²) in [6.45, 7) is 5.19. The van der Waals surface area contributed by atoms with Gasteiger partial charge in [0.1, 0.15) is 17.1 Å². The Morgan fingerprint density at radius 3 is 2.45 bits per heavy atom. The summed E-state index contributed by atoms with van der Waals surface area (Å²) in [7, 11) is 1.42. The van der Waals surface area contributed by atoms with Gasteiger partial charge in [0.25, 0.3) is 0 Å². The van der Waals surface area contributed by atoms with E-state index < -0.39 is 5.43 Å². The van der Waals surface area contributed by atoms with Crippen molar-refractivity contribution in [1.29, 1.82) is 0 Å². The van der Waals surface area contributed by atoms with Gasteiger partial charge in [-0.3, -0.25) is 9.59 Å². The highest BCUT2D eigenvalue weighted by Gasteiger charge is 2.21. The Kier molecular flexibility index (Phi) is 5.46. The van der Waals surface area contributed by atoms with Crippen LogP contribution in [0.4, 0.5) is 0 Å². The molecular weight excluding hydrogens is 372 g/mol. The highest BCUT2D eigenvalue weighted by atomic mass is 16.5.